The van der Waals surface area contributed by atoms with E-state index < -0.39 is 0 Å². The van der Waals surface area contributed by atoms with Crippen molar-refractivity contribution >= 4 is 0 Å². The van der Waals surface area contributed by atoms with Gasteiger partial charge in [0.25, 0.3) is 0 Å². The van der Waals surface area contributed by atoms with E-state index in [9.17, 15) is 5.11 Å². The Labute approximate surface area is 115 Å². The van der Waals surface area contributed by atoms with Crippen molar-refractivity contribution in [1.29, 1.82) is 0 Å². The van der Waals surface area contributed by atoms with E-state index in [1.807, 2.05) is 12.1 Å². The van der Waals surface area contributed by atoms with E-state index in [0.29, 0.717) is 5.92 Å². The lowest BCUT2D eigenvalue weighted by Crippen LogP contribution is -2.12. The SMILES string of the molecule is COc1ccc(CCC(O)C2C3CCCCC32)cc1. The third-order valence-corrected chi connectivity index (χ3v) is 5.05. The summed E-state index contributed by atoms with van der Waals surface area (Å²) in [7, 11) is 1.69. The van der Waals surface area contributed by atoms with Gasteiger partial charge in [-0.25, -0.2) is 0 Å². The van der Waals surface area contributed by atoms with E-state index in [0.717, 1.165) is 30.4 Å². The zero-order chi connectivity index (χ0) is 13.2. The van der Waals surface area contributed by atoms with Crippen LogP contribution < -0.4 is 4.74 Å². The molecule has 1 aromatic rings. The fourth-order valence-corrected chi connectivity index (χ4v) is 3.92. The van der Waals surface area contributed by atoms with Crippen molar-refractivity contribution in [2.45, 2.75) is 44.6 Å². The molecule has 0 saturated heterocycles. The molecule has 2 nitrogen and oxygen atoms in total. The van der Waals surface area contributed by atoms with E-state index in [-0.39, 0.29) is 6.10 Å². The minimum Gasteiger partial charge on any atom is -0.497 e. The van der Waals surface area contributed by atoms with E-state index in [2.05, 4.69) is 12.1 Å². The highest BCUT2D eigenvalue weighted by Crippen LogP contribution is 2.57. The summed E-state index contributed by atoms with van der Waals surface area (Å²) in [5, 5.41) is 10.4. The van der Waals surface area contributed by atoms with Crippen molar-refractivity contribution in [1.82, 2.24) is 0 Å². The Bertz CT molecular complexity index is 400. The van der Waals surface area contributed by atoms with Crippen LogP contribution in [0.1, 0.15) is 37.7 Å². The zero-order valence-electron chi connectivity index (χ0n) is 11.7. The first-order valence-electron chi connectivity index (χ1n) is 7.60. The second-order valence-corrected chi connectivity index (χ2v) is 6.14. The Hall–Kier alpha value is -1.02. The molecule has 0 bridgehead atoms. The molecular weight excluding hydrogens is 236 g/mol. The summed E-state index contributed by atoms with van der Waals surface area (Å²) in [6.45, 7) is 0. The maximum absolute atomic E-state index is 10.4. The molecule has 1 aromatic carbocycles. The molecule has 2 aliphatic rings. The molecule has 0 aliphatic heterocycles. The minimum absolute atomic E-state index is 0.0878. The summed E-state index contributed by atoms with van der Waals surface area (Å²) in [5.74, 6) is 3.21. The molecule has 104 valence electrons. The summed E-state index contributed by atoms with van der Waals surface area (Å²) >= 11 is 0. The number of ether oxygens (including phenoxy) is 1. The molecule has 2 saturated carbocycles. The Morgan fingerprint density at radius 3 is 2.37 bits per heavy atom. The number of aryl methyl sites for hydroxylation is 1. The molecule has 1 N–H and O–H groups in total. The van der Waals surface area contributed by atoms with Crippen LogP contribution in [0.25, 0.3) is 0 Å². The zero-order valence-corrected chi connectivity index (χ0v) is 11.7. The van der Waals surface area contributed by atoms with Gasteiger partial charge in [-0.2, -0.15) is 0 Å². The number of aliphatic hydroxyl groups is 1. The number of rotatable bonds is 5. The van der Waals surface area contributed by atoms with Crippen LogP contribution in [0.2, 0.25) is 0 Å². The molecule has 3 rings (SSSR count). The van der Waals surface area contributed by atoms with Gasteiger partial charge in [0.05, 0.1) is 13.2 Å². The van der Waals surface area contributed by atoms with Crippen molar-refractivity contribution in [2.75, 3.05) is 7.11 Å². The first-order valence-corrected chi connectivity index (χ1v) is 7.60. The first-order chi connectivity index (χ1) is 9.29. The molecule has 0 amide bonds. The third-order valence-electron chi connectivity index (χ3n) is 5.05. The molecule has 19 heavy (non-hydrogen) atoms. The summed E-state index contributed by atoms with van der Waals surface area (Å²) in [6.07, 6.45) is 7.26. The van der Waals surface area contributed by atoms with Crippen LogP contribution in [0, 0.1) is 17.8 Å². The number of hydrogen-bond donors (Lipinski definition) is 1. The molecule has 0 heterocycles. The van der Waals surface area contributed by atoms with Gasteiger partial charge in [0.2, 0.25) is 0 Å². The highest BCUT2D eigenvalue weighted by molar-refractivity contribution is 5.27. The summed E-state index contributed by atoms with van der Waals surface area (Å²) in [4.78, 5) is 0. The number of fused-ring (bicyclic) bond motifs is 1. The predicted molar refractivity (Wildman–Crippen MR) is 76.3 cm³/mol. The predicted octanol–water partition coefficient (Wildman–Crippen LogP) is 3.42. The van der Waals surface area contributed by atoms with Crippen molar-refractivity contribution in [3.63, 3.8) is 0 Å². The number of methoxy groups -OCH3 is 1. The van der Waals surface area contributed by atoms with Gasteiger partial charge in [-0.15, -0.1) is 0 Å². The largest absolute Gasteiger partial charge is 0.497 e. The molecule has 3 atom stereocenters. The second kappa shape index (κ2) is 5.54. The van der Waals surface area contributed by atoms with Crippen molar-refractivity contribution in [3.05, 3.63) is 29.8 Å². The van der Waals surface area contributed by atoms with Gasteiger partial charge in [-0.3, -0.25) is 0 Å². The van der Waals surface area contributed by atoms with E-state index >= 15 is 0 Å². The molecule has 2 aliphatic carbocycles. The smallest absolute Gasteiger partial charge is 0.118 e. The van der Waals surface area contributed by atoms with Gasteiger partial charge in [0.1, 0.15) is 5.75 Å². The highest BCUT2D eigenvalue weighted by Gasteiger charge is 2.53. The number of aliphatic hydroxyl groups excluding tert-OH is 1. The van der Waals surface area contributed by atoms with Crippen LogP contribution in [0.15, 0.2) is 24.3 Å². The molecule has 2 fully saturated rings. The van der Waals surface area contributed by atoms with Gasteiger partial charge < -0.3 is 9.84 Å². The van der Waals surface area contributed by atoms with Crippen LogP contribution in [0.3, 0.4) is 0 Å². The Kier molecular flexibility index (Phi) is 3.79. The van der Waals surface area contributed by atoms with Crippen LogP contribution in [-0.4, -0.2) is 18.3 Å². The molecule has 0 radical (unpaired) electrons. The average molecular weight is 260 g/mol. The maximum Gasteiger partial charge on any atom is 0.118 e. The summed E-state index contributed by atoms with van der Waals surface area (Å²) in [6, 6.07) is 8.20. The topological polar surface area (TPSA) is 29.5 Å². The maximum atomic E-state index is 10.4. The highest BCUT2D eigenvalue weighted by atomic mass is 16.5. The van der Waals surface area contributed by atoms with Crippen molar-refractivity contribution in [2.24, 2.45) is 17.8 Å². The molecule has 0 spiro atoms. The van der Waals surface area contributed by atoms with Crippen molar-refractivity contribution in [3.8, 4) is 5.75 Å². The minimum atomic E-state index is -0.0878. The Morgan fingerprint density at radius 2 is 1.79 bits per heavy atom. The quantitative estimate of drug-likeness (QED) is 0.879. The van der Waals surface area contributed by atoms with E-state index in [1.54, 1.807) is 7.11 Å². The molecule has 2 heteroatoms. The van der Waals surface area contributed by atoms with Crippen LogP contribution in [0.4, 0.5) is 0 Å². The molecule has 3 unspecified atom stereocenters. The number of hydrogen-bond acceptors (Lipinski definition) is 2. The summed E-state index contributed by atoms with van der Waals surface area (Å²) < 4.78 is 5.16. The van der Waals surface area contributed by atoms with E-state index in [4.69, 9.17) is 4.74 Å². The average Bonchev–Trinajstić information content (AvgIpc) is 3.19. The lowest BCUT2D eigenvalue weighted by atomic mass is 10.0. The monoisotopic (exact) mass is 260 g/mol. The third kappa shape index (κ3) is 2.79. The van der Waals surface area contributed by atoms with Gasteiger partial charge in [-0.05, 0) is 61.1 Å². The Morgan fingerprint density at radius 1 is 1.16 bits per heavy atom. The fraction of sp³-hybridized carbons (Fsp3) is 0.647. The van der Waals surface area contributed by atoms with Crippen LogP contribution in [-0.2, 0) is 6.42 Å². The first kappa shape index (κ1) is 13.0. The van der Waals surface area contributed by atoms with Crippen LogP contribution >= 0.6 is 0 Å². The molecular formula is C17H24O2. The lowest BCUT2D eigenvalue weighted by molar-refractivity contribution is 0.131. The standard InChI is InChI=1S/C17H24O2/c1-19-13-9-6-12(7-10-13)8-11-16(18)17-14-4-2-3-5-15(14)17/h6-7,9-10,14-18H,2-5,8,11H2,1H3. The van der Waals surface area contributed by atoms with Crippen LogP contribution in [0.5, 0.6) is 5.75 Å². The van der Waals surface area contributed by atoms with Crippen molar-refractivity contribution < 1.29 is 9.84 Å². The van der Waals surface area contributed by atoms with Gasteiger partial charge in [0.15, 0.2) is 0 Å². The lowest BCUT2D eigenvalue weighted by Gasteiger charge is -2.10. The fourth-order valence-electron chi connectivity index (χ4n) is 3.92. The van der Waals surface area contributed by atoms with Gasteiger partial charge in [0, 0.05) is 0 Å². The second-order valence-electron chi connectivity index (χ2n) is 6.14. The number of benzene rings is 1. The van der Waals surface area contributed by atoms with E-state index in [1.165, 1.54) is 31.2 Å². The Balaban J connectivity index is 1.49. The van der Waals surface area contributed by atoms with Gasteiger partial charge >= 0.3 is 0 Å². The normalized spacial score (nSPS) is 30.5. The summed E-state index contributed by atoms with van der Waals surface area (Å²) in [5.41, 5.74) is 1.29. The molecule has 0 aromatic heterocycles. The van der Waals surface area contributed by atoms with Gasteiger partial charge in [-0.1, -0.05) is 25.0 Å².